The van der Waals surface area contributed by atoms with Gasteiger partial charge in [-0.25, -0.2) is 9.67 Å². The van der Waals surface area contributed by atoms with Gasteiger partial charge in [0.25, 0.3) is 5.91 Å². The fourth-order valence-electron chi connectivity index (χ4n) is 3.34. The predicted molar refractivity (Wildman–Crippen MR) is 139 cm³/mol. The van der Waals surface area contributed by atoms with Crippen LogP contribution >= 0.6 is 23.2 Å². The number of ether oxygens (including phenoxy) is 1. The average Bonchev–Trinajstić information content (AvgIpc) is 3.05. The zero-order valence-corrected chi connectivity index (χ0v) is 22.9. The molecule has 1 amide bonds. The Balaban J connectivity index is 2.16. The average molecular weight is 531 g/mol. The third-order valence-electron chi connectivity index (χ3n) is 5.26. The number of hydrogen-bond acceptors (Lipinski definition) is 5. The number of anilines is 1. The number of nitrogens with one attached hydrogen (secondary N) is 1. The van der Waals surface area contributed by atoms with E-state index in [0.29, 0.717) is 36.6 Å². The van der Waals surface area contributed by atoms with Gasteiger partial charge in [0, 0.05) is 43.1 Å². The van der Waals surface area contributed by atoms with Crippen molar-refractivity contribution in [2.75, 3.05) is 11.9 Å². The lowest BCUT2D eigenvalue weighted by Crippen LogP contribution is -2.30. The minimum absolute atomic E-state index is 0.0621. The first-order valence-electron chi connectivity index (χ1n) is 11.2. The highest BCUT2D eigenvalue weighted by atomic mass is 35.5. The van der Waals surface area contributed by atoms with Gasteiger partial charge < -0.3 is 15.8 Å². The monoisotopic (exact) mass is 529 g/mol. The standard InChI is InChI=1S/C23H34Cl2FN5O2Si/c1-7-18-20(15(3)30-31(18)13-33-10-11-34(4,5)6)16-8-9-19(28-22(16)26)29-23(32)14(2)12-17(27)21(24)25/h8-9,17,21H,2,7,10-13,27H2,1,3-6H3,(H,28,29,32)/t17-/m0/s1. The first-order valence-corrected chi connectivity index (χ1v) is 15.8. The number of aromatic nitrogens is 3. The van der Waals surface area contributed by atoms with E-state index in [1.165, 1.54) is 6.07 Å². The highest BCUT2D eigenvalue weighted by molar-refractivity contribution is 6.76. The number of halogens is 3. The number of nitrogens with zero attached hydrogens (tertiary/aromatic N) is 3. The van der Waals surface area contributed by atoms with Crippen molar-refractivity contribution >= 4 is 43.0 Å². The van der Waals surface area contributed by atoms with Crippen LogP contribution in [0.3, 0.4) is 0 Å². The van der Waals surface area contributed by atoms with Gasteiger partial charge in [0.2, 0.25) is 5.95 Å². The summed E-state index contributed by atoms with van der Waals surface area (Å²) in [6.07, 6.45) is 0.746. The molecule has 0 aliphatic carbocycles. The van der Waals surface area contributed by atoms with Crippen LogP contribution in [0.25, 0.3) is 11.1 Å². The summed E-state index contributed by atoms with van der Waals surface area (Å²) >= 11 is 11.4. The molecule has 11 heteroatoms. The molecule has 7 nitrogen and oxygen atoms in total. The predicted octanol–water partition coefficient (Wildman–Crippen LogP) is 5.28. The Morgan fingerprint density at radius 2 is 2.03 bits per heavy atom. The Labute approximate surface area is 211 Å². The van der Waals surface area contributed by atoms with Gasteiger partial charge in [-0.3, -0.25) is 4.79 Å². The summed E-state index contributed by atoms with van der Waals surface area (Å²) in [5.41, 5.74) is 8.48. The molecule has 0 aliphatic rings. The fraction of sp³-hybridized carbons (Fsp3) is 0.522. The number of rotatable bonds is 12. The van der Waals surface area contributed by atoms with Crippen LogP contribution < -0.4 is 11.1 Å². The summed E-state index contributed by atoms with van der Waals surface area (Å²) in [5.74, 6) is -1.18. The Bertz CT molecular complexity index is 1020. The summed E-state index contributed by atoms with van der Waals surface area (Å²) in [7, 11) is -1.19. The molecule has 2 aromatic heterocycles. The highest BCUT2D eigenvalue weighted by Crippen LogP contribution is 2.30. The fourth-order valence-corrected chi connectivity index (χ4v) is 4.27. The first-order chi connectivity index (χ1) is 15.8. The van der Waals surface area contributed by atoms with Crippen molar-refractivity contribution in [3.63, 3.8) is 0 Å². The Morgan fingerprint density at radius 1 is 1.35 bits per heavy atom. The van der Waals surface area contributed by atoms with Gasteiger partial charge in [0.1, 0.15) is 17.4 Å². The lowest BCUT2D eigenvalue weighted by molar-refractivity contribution is -0.113. The molecule has 0 radical (unpaired) electrons. The Kier molecular flexibility index (Phi) is 10.3. The van der Waals surface area contributed by atoms with E-state index in [2.05, 4.69) is 41.6 Å². The van der Waals surface area contributed by atoms with E-state index in [9.17, 15) is 4.79 Å². The largest absolute Gasteiger partial charge is 0.360 e. The number of nitrogens with two attached hydrogens (primary N) is 1. The quantitative estimate of drug-likeness (QED) is 0.128. The molecule has 0 unspecified atom stereocenters. The lowest BCUT2D eigenvalue weighted by Gasteiger charge is -2.16. The SMILES string of the molecule is C=C(C[C@H](N)C(Cl)Cl)C(=O)Nc1ccc(-c2c(C)nn(COCC[Si](C)(C)C)c2CC)c(F)n1. The third kappa shape index (κ3) is 7.88. The Hall–Kier alpha value is -1.78. The van der Waals surface area contributed by atoms with Gasteiger partial charge in [-0.05, 0) is 37.9 Å². The summed E-state index contributed by atoms with van der Waals surface area (Å²) in [4.78, 5) is 15.4. The number of carbonyl (C=O) groups is 1. The molecule has 2 aromatic rings. The number of amides is 1. The number of carbonyl (C=O) groups excluding carboxylic acids is 1. The van der Waals surface area contributed by atoms with E-state index in [0.717, 1.165) is 11.7 Å². The molecule has 0 aromatic carbocycles. The molecule has 2 heterocycles. The van der Waals surface area contributed by atoms with Crippen LogP contribution in [0.2, 0.25) is 25.7 Å². The maximum absolute atomic E-state index is 15.0. The molecule has 2 rings (SSSR count). The van der Waals surface area contributed by atoms with E-state index in [-0.39, 0.29) is 17.8 Å². The number of hydrogen-bond donors (Lipinski definition) is 2. The topological polar surface area (TPSA) is 95.1 Å². The normalized spacial score (nSPS) is 12.8. The molecule has 0 aliphatic heterocycles. The minimum atomic E-state index is -1.19. The maximum Gasteiger partial charge on any atom is 0.252 e. The lowest BCUT2D eigenvalue weighted by atomic mass is 10.0. The van der Waals surface area contributed by atoms with E-state index in [4.69, 9.17) is 33.7 Å². The summed E-state index contributed by atoms with van der Waals surface area (Å²) in [6, 6.07) is 3.54. The molecule has 0 fully saturated rings. The first kappa shape index (κ1) is 28.5. The van der Waals surface area contributed by atoms with Crippen LogP contribution in [-0.4, -0.2) is 46.2 Å². The second-order valence-corrected chi connectivity index (χ2v) is 16.2. The highest BCUT2D eigenvalue weighted by Gasteiger charge is 2.21. The van der Waals surface area contributed by atoms with E-state index in [1.807, 2.05) is 13.8 Å². The van der Waals surface area contributed by atoms with Crippen LogP contribution in [0.1, 0.15) is 24.7 Å². The van der Waals surface area contributed by atoms with Crippen LogP contribution in [0.4, 0.5) is 10.2 Å². The van der Waals surface area contributed by atoms with E-state index >= 15 is 4.39 Å². The van der Waals surface area contributed by atoms with Gasteiger partial charge in [-0.15, -0.1) is 23.2 Å². The van der Waals surface area contributed by atoms with Gasteiger partial charge in [0.15, 0.2) is 0 Å². The van der Waals surface area contributed by atoms with Crippen molar-refractivity contribution in [2.45, 2.75) is 70.0 Å². The number of alkyl halides is 2. The van der Waals surface area contributed by atoms with Crippen molar-refractivity contribution in [3.05, 3.63) is 41.6 Å². The van der Waals surface area contributed by atoms with Gasteiger partial charge >= 0.3 is 0 Å². The van der Waals surface area contributed by atoms with Crippen LogP contribution in [0.15, 0.2) is 24.3 Å². The third-order valence-corrected chi connectivity index (χ3v) is 7.62. The molecule has 34 heavy (non-hydrogen) atoms. The van der Waals surface area contributed by atoms with Crippen LogP contribution in [-0.2, 0) is 22.7 Å². The molecule has 0 saturated carbocycles. The summed E-state index contributed by atoms with van der Waals surface area (Å²) in [6.45, 7) is 15.4. The second kappa shape index (κ2) is 12.3. The van der Waals surface area contributed by atoms with Crippen molar-refractivity contribution in [1.29, 1.82) is 0 Å². The zero-order valence-electron chi connectivity index (χ0n) is 20.4. The summed E-state index contributed by atoms with van der Waals surface area (Å²) in [5, 5.41) is 7.09. The molecule has 1 atom stereocenters. The van der Waals surface area contributed by atoms with E-state index < -0.39 is 30.8 Å². The van der Waals surface area contributed by atoms with Crippen molar-refractivity contribution in [3.8, 4) is 11.1 Å². The van der Waals surface area contributed by atoms with Crippen molar-refractivity contribution < 1.29 is 13.9 Å². The van der Waals surface area contributed by atoms with Crippen LogP contribution in [0.5, 0.6) is 0 Å². The Morgan fingerprint density at radius 3 is 2.59 bits per heavy atom. The van der Waals surface area contributed by atoms with Gasteiger partial charge in [0.05, 0.1) is 5.69 Å². The van der Waals surface area contributed by atoms with Gasteiger partial charge in [-0.2, -0.15) is 9.49 Å². The van der Waals surface area contributed by atoms with Gasteiger partial charge in [-0.1, -0.05) is 33.1 Å². The molecule has 0 bridgehead atoms. The molecule has 0 saturated heterocycles. The smallest absolute Gasteiger partial charge is 0.252 e. The zero-order chi connectivity index (χ0) is 25.6. The molecular weight excluding hydrogens is 496 g/mol. The van der Waals surface area contributed by atoms with Crippen LogP contribution in [0, 0.1) is 12.9 Å². The second-order valence-electron chi connectivity index (χ2n) is 9.40. The molecular formula is C23H34Cl2FN5O2Si. The summed E-state index contributed by atoms with van der Waals surface area (Å²) < 4.78 is 22.7. The minimum Gasteiger partial charge on any atom is -0.360 e. The molecule has 3 N–H and O–H groups in total. The van der Waals surface area contributed by atoms with E-state index in [1.54, 1.807) is 10.7 Å². The number of pyridine rings is 1. The molecule has 0 spiro atoms. The van der Waals surface area contributed by atoms with Crippen molar-refractivity contribution in [2.24, 2.45) is 5.73 Å². The van der Waals surface area contributed by atoms with Crippen molar-refractivity contribution in [1.82, 2.24) is 14.8 Å². The number of aryl methyl sites for hydroxylation is 1. The molecule has 188 valence electrons. The maximum atomic E-state index is 15.0.